The Labute approximate surface area is 151 Å². The van der Waals surface area contributed by atoms with Crippen LogP contribution < -0.4 is 5.32 Å². The quantitative estimate of drug-likeness (QED) is 0.328. The minimum atomic E-state index is -1.58. The number of ketones is 1. The van der Waals surface area contributed by atoms with Crippen molar-refractivity contribution in [2.45, 2.75) is 32.6 Å². The number of hydrogen-bond donors (Lipinski definition) is 2. The Balaban J connectivity index is 2.24. The highest BCUT2D eigenvalue weighted by Crippen LogP contribution is 2.10. The lowest BCUT2D eigenvalue weighted by molar-refractivity contribution is -0.151. The Kier molecular flexibility index (Phi) is 9.45. The van der Waals surface area contributed by atoms with Gasteiger partial charge in [0.25, 0.3) is 0 Å². The predicted molar refractivity (Wildman–Crippen MR) is 93.0 cm³/mol. The summed E-state index contributed by atoms with van der Waals surface area (Å²) in [6.07, 6.45) is 1.41. The van der Waals surface area contributed by atoms with Gasteiger partial charge < -0.3 is 19.9 Å². The second kappa shape index (κ2) is 11.6. The van der Waals surface area contributed by atoms with Gasteiger partial charge in [0, 0.05) is 18.7 Å². The summed E-state index contributed by atoms with van der Waals surface area (Å²) in [5, 5.41) is 11.6. The zero-order valence-electron chi connectivity index (χ0n) is 14.7. The molecule has 1 aromatic carbocycles. The van der Waals surface area contributed by atoms with Crippen LogP contribution >= 0.6 is 0 Å². The fraction of sp³-hybridized carbons (Fsp3) is 0.444. The molecule has 0 unspecified atom stereocenters. The molecule has 1 rings (SSSR count). The fourth-order valence-electron chi connectivity index (χ4n) is 1.90. The minimum Gasteiger partial charge on any atom is -0.476 e. The Morgan fingerprint density at radius 2 is 1.65 bits per heavy atom. The molecule has 0 fully saturated rings. The molecular formula is C18H23NO7. The molecule has 0 aliphatic heterocycles. The molecule has 1 aromatic rings. The van der Waals surface area contributed by atoms with Crippen molar-refractivity contribution < 1.29 is 33.8 Å². The zero-order chi connectivity index (χ0) is 19.4. The summed E-state index contributed by atoms with van der Waals surface area (Å²) in [6.45, 7) is 2.67. The largest absolute Gasteiger partial charge is 0.476 e. The second-order valence-electron chi connectivity index (χ2n) is 5.44. The molecule has 0 saturated heterocycles. The first kappa shape index (κ1) is 21.1. The smallest absolute Gasteiger partial charge is 0.372 e. The molecular weight excluding hydrogens is 342 g/mol. The monoisotopic (exact) mass is 365 g/mol. The van der Waals surface area contributed by atoms with Gasteiger partial charge in [-0.2, -0.15) is 0 Å². The number of hydrogen-bond acceptors (Lipinski definition) is 7. The molecule has 0 heterocycles. The van der Waals surface area contributed by atoms with Crippen molar-refractivity contribution in [3.8, 4) is 0 Å². The lowest BCUT2D eigenvalue weighted by Gasteiger charge is -2.08. The van der Waals surface area contributed by atoms with Gasteiger partial charge in [-0.05, 0) is 30.7 Å². The number of rotatable bonds is 12. The maximum atomic E-state index is 11.9. The maximum absolute atomic E-state index is 11.9. The number of ether oxygens (including phenoxy) is 2. The van der Waals surface area contributed by atoms with Crippen LogP contribution in [0.2, 0.25) is 0 Å². The third kappa shape index (κ3) is 8.27. The summed E-state index contributed by atoms with van der Waals surface area (Å²) in [5.74, 6) is -3.90. The number of carboxylic acids is 1. The average molecular weight is 365 g/mol. The van der Waals surface area contributed by atoms with Gasteiger partial charge in [-0.1, -0.05) is 13.3 Å². The topological polar surface area (TPSA) is 119 Å². The molecule has 142 valence electrons. The average Bonchev–Trinajstić information content (AvgIpc) is 2.63. The van der Waals surface area contributed by atoms with Crippen LogP contribution in [0.3, 0.4) is 0 Å². The van der Waals surface area contributed by atoms with E-state index in [1.807, 2.05) is 0 Å². The lowest BCUT2D eigenvalue weighted by atomic mass is 10.2. The number of carbonyl (C=O) groups is 4. The van der Waals surface area contributed by atoms with Crippen LogP contribution in [0.1, 0.15) is 43.0 Å². The number of nitrogens with one attached hydrogen (secondary N) is 1. The molecule has 0 saturated carbocycles. The van der Waals surface area contributed by atoms with E-state index < -0.39 is 30.1 Å². The number of benzene rings is 1. The number of unbranched alkanes of at least 4 members (excludes halogenated alkanes) is 1. The first-order valence-corrected chi connectivity index (χ1v) is 8.36. The van der Waals surface area contributed by atoms with E-state index in [1.54, 1.807) is 24.3 Å². The predicted octanol–water partition coefficient (Wildman–Crippen LogP) is 2.03. The van der Waals surface area contributed by atoms with Gasteiger partial charge in [-0.15, -0.1) is 0 Å². The number of carboxylic acid groups (broad SMARTS) is 1. The first-order valence-electron chi connectivity index (χ1n) is 8.36. The number of Topliss-reactive ketones (excluding diaryl/α,β-unsaturated/α-hetero) is 1. The van der Waals surface area contributed by atoms with E-state index in [0.29, 0.717) is 5.56 Å². The number of esters is 2. The normalized spacial score (nSPS) is 10.0. The molecule has 8 heteroatoms. The molecule has 2 N–H and O–H groups in total. The van der Waals surface area contributed by atoms with Crippen molar-refractivity contribution in [3.63, 3.8) is 0 Å². The molecule has 0 bridgehead atoms. The van der Waals surface area contributed by atoms with Crippen molar-refractivity contribution in [2.24, 2.45) is 0 Å². The van der Waals surface area contributed by atoms with E-state index in [0.717, 1.165) is 25.1 Å². The summed E-state index contributed by atoms with van der Waals surface area (Å²) >= 11 is 0. The van der Waals surface area contributed by atoms with E-state index in [-0.39, 0.29) is 19.6 Å². The van der Waals surface area contributed by atoms with Gasteiger partial charge in [0.2, 0.25) is 5.78 Å². The van der Waals surface area contributed by atoms with Gasteiger partial charge >= 0.3 is 17.9 Å². The van der Waals surface area contributed by atoms with E-state index in [9.17, 15) is 19.2 Å². The summed E-state index contributed by atoms with van der Waals surface area (Å²) in [4.78, 5) is 44.3. The first-order chi connectivity index (χ1) is 12.4. The van der Waals surface area contributed by atoms with Gasteiger partial charge in [-0.25, -0.2) is 9.59 Å². The van der Waals surface area contributed by atoms with Gasteiger partial charge in [-0.3, -0.25) is 9.59 Å². The highest BCUT2D eigenvalue weighted by Gasteiger charge is 2.14. The third-order valence-electron chi connectivity index (χ3n) is 3.35. The number of aliphatic carboxylic acids is 1. The van der Waals surface area contributed by atoms with Crippen molar-refractivity contribution in [1.29, 1.82) is 0 Å². The second-order valence-corrected chi connectivity index (χ2v) is 5.44. The molecule has 8 nitrogen and oxygen atoms in total. The van der Waals surface area contributed by atoms with Crippen molar-refractivity contribution in [3.05, 3.63) is 29.8 Å². The van der Waals surface area contributed by atoms with E-state index in [1.165, 1.54) is 0 Å². The Bertz CT molecular complexity index is 625. The van der Waals surface area contributed by atoms with Crippen molar-refractivity contribution >= 4 is 29.4 Å². The van der Waals surface area contributed by atoms with Crippen LogP contribution in [0.4, 0.5) is 5.69 Å². The van der Waals surface area contributed by atoms with Crippen molar-refractivity contribution in [2.75, 3.05) is 25.1 Å². The zero-order valence-corrected chi connectivity index (χ0v) is 14.7. The van der Waals surface area contributed by atoms with Crippen LogP contribution in [-0.4, -0.2) is 48.6 Å². The van der Waals surface area contributed by atoms with Gasteiger partial charge in [0.1, 0.15) is 13.2 Å². The Morgan fingerprint density at radius 3 is 2.27 bits per heavy atom. The molecule has 0 radical (unpaired) electrons. The molecule has 0 spiro atoms. The van der Waals surface area contributed by atoms with Crippen molar-refractivity contribution in [1.82, 2.24) is 0 Å². The standard InChI is InChI=1S/C18H23NO7/c1-2-3-10-19-14-6-4-13(5-7-14)18(24)26-12-11-25-16(21)9-8-15(20)17(22)23/h4-7,19H,2-3,8-12H2,1H3,(H,22,23). The highest BCUT2D eigenvalue weighted by molar-refractivity contribution is 6.32. The van der Waals surface area contributed by atoms with Crippen LogP contribution in [-0.2, 0) is 23.9 Å². The van der Waals surface area contributed by atoms with Crippen LogP contribution in [0.15, 0.2) is 24.3 Å². The van der Waals surface area contributed by atoms with E-state index >= 15 is 0 Å². The number of anilines is 1. The van der Waals surface area contributed by atoms with Gasteiger partial charge in [0.15, 0.2) is 0 Å². The Morgan fingerprint density at radius 1 is 1.00 bits per heavy atom. The fourth-order valence-corrected chi connectivity index (χ4v) is 1.90. The summed E-state index contributed by atoms with van der Waals surface area (Å²) < 4.78 is 9.74. The third-order valence-corrected chi connectivity index (χ3v) is 3.35. The SMILES string of the molecule is CCCCNc1ccc(C(=O)OCCOC(=O)CCC(=O)C(=O)O)cc1. The van der Waals surface area contributed by atoms with E-state index in [2.05, 4.69) is 12.2 Å². The molecule has 0 atom stereocenters. The Hall–Kier alpha value is -2.90. The summed E-state index contributed by atoms with van der Waals surface area (Å²) in [7, 11) is 0. The minimum absolute atomic E-state index is 0.131. The van der Waals surface area contributed by atoms with Crippen LogP contribution in [0, 0.1) is 0 Å². The lowest BCUT2D eigenvalue weighted by Crippen LogP contribution is -2.17. The molecule has 0 aliphatic carbocycles. The van der Waals surface area contributed by atoms with E-state index in [4.69, 9.17) is 14.6 Å². The molecule has 0 amide bonds. The summed E-state index contributed by atoms with van der Waals surface area (Å²) in [6, 6.07) is 6.84. The van der Waals surface area contributed by atoms with Crippen LogP contribution in [0.25, 0.3) is 0 Å². The molecule has 0 aliphatic rings. The maximum Gasteiger partial charge on any atom is 0.372 e. The van der Waals surface area contributed by atoms with Gasteiger partial charge in [0.05, 0.1) is 12.0 Å². The molecule has 0 aromatic heterocycles. The highest BCUT2D eigenvalue weighted by atomic mass is 16.6. The number of carbonyl (C=O) groups excluding carboxylic acids is 3. The summed E-state index contributed by atoms with van der Waals surface area (Å²) in [5.41, 5.74) is 1.30. The molecule has 26 heavy (non-hydrogen) atoms. The van der Waals surface area contributed by atoms with Crippen LogP contribution in [0.5, 0.6) is 0 Å².